The molecule has 0 spiro atoms. The molecule has 0 fully saturated rings. The zero-order chi connectivity index (χ0) is 23.9. The van der Waals surface area contributed by atoms with Gasteiger partial charge in [0.25, 0.3) is 11.7 Å². The first-order valence-corrected chi connectivity index (χ1v) is 11.5. The molecule has 8 nitrogen and oxygen atoms in total. The molecular formula is C25H23N5O3S. The van der Waals surface area contributed by atoms with Crippen LogP contribution in [0.2, 0.25) is 0 Å². The molecule has 4 rings (SSSR count). The van der Waals surface area contributed by atoms with Crippen molar-refractivity contribution in [1.82, 2.24) is 15.6 Å². The number of hydrogen-bond acceptors (Lipinski definition) is 6. The maximum Gasteiger partial charge on any atom is 0.342 e. The van der Waals surface area contributed by atoms with Crippen LogP contribution in [0.4, 0.5) is 0 Å². The first kappa shape index (κ1) is 23.1. The van der Waals surface area contributed by atoms with Gasteiger partial charge in [0, 0.05) is 0 Å². The molecule has 34 heavy (non-hydrogen) atoms. The summed E-state index contributed by atoms with van der Waals surface area (Å²) in [6, 6.07) is 22.8. The lowest BCUT2D eigenvalue weighted by molar-refractivity contribution is -0.625. The Kier molecular flexibility index (Phi) is 7.24. The molecule has 0 radical (unpaired) electrons. The van der Waals surface area contributed by atoms with E-state index in [2.05, 4.69) is 20.7 Å². The van der Waals surface area contributed by atoms with E-state index in [1.54, 1.807) is 18.2 Å². The highest BCUT2D eigenvalue weighted by Crippen LogP contribution is 2.25. The third-order valence-electron chi connectivity index (χ3n) is 4.97. The van der Waals surface area contributed by atoms with Crippen molar-refractivity contribution < 1.29 is 19.2 Å². The van der Waals surface area contributed by atoms with E-state index in [1.165, 1.54) is 30.6 Å². The number of thioether (sulfide) groups is 1. The molecular weight excluding hydrogens is 450 g/mol. The van der Waals surface area contributed by atoms with Crippen LogP contribution in [-0.2, 0) is 4.79 Å². The van der Waals surface area contributed by atoms with Crippen molar-refractivity contribution in [1.29, 1.82) is 0 Å². The summed E-state index contributed by atoms with van der Waals surface area (Å²) in [5, 5.41) is 24.2. The summed E-state index contributed by atoms with van der Waals surface area (Å²) in [4.78, 5) is 12.4. The molecule has 1 heterocycles. The van der Waals surface area contributed by atoms with E-state index < -0.39 is 0 Å². The number of benzene rings is 3. The van der Waals surface area contributed by atoms with Gasteiger partial charge in [-0.25, -0.2) is 5.43 Å². The van der Waals surface area contributed by atoms with Crippen LogP contribution >= 0.6 is 11.8 Å². The Labute approximate surface area is 201 Å². The maximum absolute atomic E-state index is 12.4. The van der Waals surface area contributed by atoms with Gasteiger partial charge in [0.15, 0.2) is 0 Å². The number of aromatic nitrogens is 3. The Hall–Kier alpha value is -4.11. The van der Waals surface area contributed by atoms with Crippen molar-refractivity contribution in [3.05, 3.63) is 83.9 Å². The minimum absolute atomic E-state index is 0.0880. The van der Waals surface area contributed by atoms with Gasteiger partial charge in [-0.3, -0.25) is 4.79 Å². The van der Waals surface area contributed by atoms with Gasteiger partial charge in [-0.05, 0) is 54.6 Å². The average Bonchev–Trinajstić information content (AvgIpc) is 3.29. The Morgan fingerprint density at radius 2 is 1.91 bits per heavy atom. The van der Waals surface area contributed by atoms with Crippen molar-refractivity contribution in [3.8, 4) is 28.6 Å². The lowest BCUT2D eigenvalue weighted by Gasteiger charge is -2.14. The Morgan fingerprint density at radius 1 is 1.15 bits per heavy atom. The second kappa shape index (κ2) is 10.7. The van der Waals surface area contributed by atoms with Gasteiger partial charge < -0.3 is 9.84 Å². The number of ether oxygens (including phenoxy) is 1. The highest BCUT2D eigenvalue weighted by atomic mass is 32.2. The van der Waals surface area contributed by atoms with Gasteiger partial charge >= 0.3 is 5.16 Å². The number of aromatic amines is 1. The van der Waals surface area contributed by atoms with Crippen LogP contribution in [0, 0.1) is 6.92 Å². The molecule has 172 valence electrons. The van der Waals surface area contributed by atoms with Crippen LogP contribution in [0.1, 0.15) is 11.1 Å². The van der Waals surface area contributed by atoms with E-state index in [4.69, 9.17) is 4.74 Å². The summed E-state index contributed by atoms with van der Waals surface area (Å²) in [5.74, 6) is 0.509. The number of nitrogens with one attached hydrogen (secondary N) is 2. The van der Waals surface area contributed by atoms with Crippen molar-refractivity contribution in [2.45, 2.75) is 12.1 Å². The van der Waals surface area contributed by atoms with E-state index >= 15 is 0 Å². The number of nitrogens with zero attached hydrogens (tertiary/aromatic N) is 3. The minimum Gasteiger partial charge on any atom is -0.870 e. The van der Waals surface area contributed by atoms with Crippen molar-refractivity contribution >= 4 is 23.9 Å². The molecule has 1 aromatic heterocycles. The number of para-hydroxylation sites is 2. The zero-order valence-electron chi connectivity index (χ0n) is 18.7. The molecule has 0 saturated heterocycles. The Balaban J connectivity index is 1.48. The molecule has 9 heteroatoms. The fourth-order valence-electron chi connectivity index (χ4n) is 3.25. The van der Waals surface area contributed by atoms with E-state index in [1.807, 2.05) is 66.1 Å². The first-order valence-electron chi connectivity index (χ1n) is 10.5. The minimum atomic E-state index is -0.323. The van der Waals surface area contributed by atoms with E-state index in [-0.39, 0.29) is 23.2 Å². The molecule has 1 amide bonds. The standard InChI is InChI=1S/C25H23N5O3S/c1-17-11-13-18(14-12-17)24-28-29-25(30(24)20-8-4-3-5-9-20)34-16-22(31)27-26-15-19-7-6-10-21(33-2)23(19)32/h3-15H,16H2,1-2H3,(H2,26,27,31,32). The zero-order valence-corrected chi connectivity index (χ0v) is 19.5. The van der Waals surface area contributed by atoms with Crippen LogP contribution < -0.4 is 19.8 Å². The van der Waals surface area contributed by atoms with Gasteiger partial charge in [-0.2, -0.15) is 9.67 Å². The number of amides is 1. The first-order chi connectivity index (χ1) is 16.6. The van der Waals surface area contributed by atoms with Crippen molar-refractivity contribution in [3.63, 3.8) is 0 Å². The van der Waals surface area contributed by atoms with Gasteiger partial charge in [0.05, 0.1) is 29.7 Å². The fourth-order valence-corrected chi connectivity index (χ4v) is 4.01. The number of carbonyl (C=O) groups is 1. The van der Waals surface area contributed by atoms with Crippen molar-refractivity contribution in [2.24, 2.45) is 5.10 Å². The number of carbonyl (C=O) groups excluding carboxylic acids is 1. The lowest BCUT2D eigenvalue weighted by Crippen LogP contribution is -2.34. The van der Waals surface area contributed by atoms with Gasteiger partial charge in [-0.15, -0.1) is 5.10 Å². The molecule has 3 aromatic carbocycles. The molecule has 0 bridgehead atoms. The van der Waals surface area contributed by atoms with Crippen LogP contribution in [-0.4, -0.2) is 35.2 Å². The SMILES string of the molecule is COc1cccc(/C=N/NC(=O)CSc2n[nH]c(-c3ccc(C)cc3)[n+]2-c2ccccc2)c1[O-]. The highest BCUT2D eigenvalue weighted by molar-refractivity contribution is 7.99. The normalized spacial score (nSPS) is 11.0. The van der Waals surface area contributed by atoms with Gasteiger partial charge in [0.1, 0.15) is 11.4 Å². The van der Waals surface area contributed by atoms with E-state index in [0.717, 1.165) is 17.1 Å². The van der Waals surface area contributed by atoms with Gasteiger partial charge in [0.2, 0.25) is 0 Å². The quantitative estimate of drug-likeness (QED) is 0.177. The topological polar surface area (TPSA) is 106 Å². The van der Waals surface area contributed by atoms with Crippen LogP contribution in [0.25, 0.3) is 17.1 Å². The third-order valence-corrected chi connectivity index (χ3v) is 5.90. The number of methoxy groups -OCH3 is 1. The van der Waals surface area contributed by atoms with Gasteiger partial charge in [-0.1, -0.05) is 53.8 Å². The van der Waals surface area contributed by atoms with Crippen molar-refractivity contribution in [2.75, 3.05) is 12.9 Å². The van der Waals surface area contributed by atoms with E-state index in [9.17, 15) is 9.90 Å². The molecule has 0 aliphatic rings. The summed E-state index contributed by atoms with van der Waals surface area (Å²) in [6.07, 6.45) is 1.31. The molecule has 0 unspecified atom stereocenters. The molecule has 2 N–H and O–H groups in total. The molecule has 0 aliphatic carbocycles. The number of rotatable bonds is 8. The summed E-state index contributed by atoms with van der Waals surface area (Å²) >= 11 is 1.28. The monoisotopic (exact) mass is 473 g/mol. The summed E-state index contributed by atoms with van der Waals surface area (Å²) < 4.78 is 6.99. The number of hydrazone groups is 1. The van der Waals surface area contributed by atoms with Crippen LogP contribution in [0.5, 0.6) is 11.5 Å². The Bertz CT molecular complexity index is 1300. The van der Waals surface area contributed by atoms with E-state index in [0.29, 0.717) is 10.7 Å². The second-order valence-corrected chi connectivity index (χ2v) is 8.29. The number of hydrogen-bond donors (Lipinski definition) is 2. The molecule has 4 aromatic rings. The highest BCUT2D eigenvalue weighted by Gasteiger charge is 2.24. The number of H-pyrrole nitrogens is 1. The Morgan fingerprint density at radius 3 is 2.65 bits per heavy atom. The summed E-state index contributed by atoms with van der Waals surface area (Å²) in [5.41, 5.74) is 5.85. The predicted molar refractivity (Wildman–Crippen MR) is 129 cm³/mol. The predicted octanol–water partition coefficient (Wildman–Crippen LogP) is 2.99. The van der Waals surface area contributed by atoms with Crippen LogP contribution in [0.15, 0.2) is 83.1 Å². The fraction of sp³-hybridized carbons (Fsp3) is 0.120. The molecule has 0 atom stereocenters. The lowest BCUT2D eigenvalue weighted by atomic mass is 10.1. The summed E-state index contributed by atoms with van der Waals surface area (Å²) in [7, 11) is 1.43. The largest absolute Gasteiger partial charge is 0.870 e. The molecule has 0 saturated carbocycles. The number of aryl methyl sites for hydroxylation is 1. The molecule has 0 aliphatic heterocycles. The average molecular weight is 474 g/mol. The third kappa shape index (κ3) is 5.26. The summed E-state index contributed by atoms with van der Waals surface area (Å²) in [6.45, 7) is 2.04. The van der Waals surface area contributed by atoms with Crippen LogP contribution in [0.3, 0.4) is 0 Å². The smallest absolute Gasteiger partial charge is 0.342 e. The maximum atomic E-state index is 12.4. The second-order valence-electron chi connectivity index (χ2n) is 7.35.